The van der Waals surface area contributed by atoms with Gasteiger partial charge in [0.25, 0.3) is 0 Å². The lowest BCUT2D eigenvalue weighted by molar-refractivity contribution is 0.0453. The SMILES string of the molecule is CCOc1ccc(N2CCC(CO)OC2=O)cc1. The average molecular weight is 251 g/mol. The highest BCUT2D eigenvalue weighted by Gasteiger charge is 2.27. The minimum absolute atomic E-state index is 0.122. The van der Waals surface area contributed by atoms with Crippen LogP contribution in [0.3, 0.4) is 0 Å². The summed E-state index contributed by atoms with van der Waals surface area (Å²) in [6, 6.07) is 7.30. The first kappa shape index (κ1) is 12.7. The highest BCUT2D eigenvalue weighted by Crippen LogP contribution is 2.23. The van der Waals surface area contributed by atoms with Gasteiger partial charge in [0.2, 0.25) is 0 Å². The lowest BCUT2D eigenvalue weighted by Gasteiger charge is -2.30. The van der Waals surface area contributed by atoms with Crippen LogP contribution < -0.4 is 9.64 Å². The summed E-state index contributed by atoms with van der Waals surface area (Å²) in [4.78, 5) is 13.3. The molecule has 0 saturated carbocycles. The lowest BCUT2D eigenvalue weighted by Crippen LogP contribution is -2.43. The maximum atomic E-state index is 11.7. The Morgan fingerprint density at radius 1 is 1.44 bits per heavy atom. The molecule has 1 fully saturated rings. The van der Waals surface area contributed by atoms with E-state index >= 15 is 0 Å². The number of carbonyl (C=O) groups excluding carboxylic acids is 1. The molecule has 5 nitrogen and oxygen atoms in total. The summed E-state index contributed by atoms with van der Waals surface area (Å²) in [5.41, 5.74) is 0.778. The second kappa shape index (κ2) is 5.73. The van der Waals surface area contributed by atoms with Gasteiger partial charge in [0, 0.05) is 18.7 Å². The van der Waals surface area contributed by atoms with Crippen LogP contribution in [-0.2, 0) is 4.74 Å². The second-order valence-corrected chi connectivity index (χ2v) is 4.06. The first-order chi connectivity index (χ1) is 8.74. The number of ether oxygens (including phenoxy) is 2. The van der Waals surface area contributed by atoms with Crippen molar-refractivity contribution in [1.82, 2.24) is 0 Å². The van der Waals surface area contributed by atoms with Crippen LogP contribution in [0.25, 0.3) is 0 Å². The van der Waals surface area contributed by atoms with Crippen LogP contribution in [0.4, 0.5) is 10.5 Å². The van der Waals surface area contributed by atoms with Gasteiger partial charge >= 0.3 is 6.09 Å². The summed E-state index contributed by atoms with van der Waals surface area (Å²) in [6.45, 7) is 2.97. The second-order valence-electron chi connectivity index (χ2n) is 4.06. The Labute approximate surface area is 106 Å². The topological polar surface area (TPSA) is 59.0 Å². The smallest absolute Gasteiger partial charge is 0.414 e. The molecule has 0 aliphatic carbocycles. The molecule has 2 rings (SSSR count). The van der Waals surface area contributed by atoms with E-state index in [9.17, 15) is 4.79 Å². The van der Waals surface area contributed by atoms with E-state index < -0.39 is 6.09 Å². The van der Waals surface area contributed by atoms with Crippen molar-refractivity contribution in [3.63, 3.8) is 0 Å². The standard InChI is InChI=1S/C13H17NO4/c1-2-17-11-5-3-10(4-6-11)14-8-7-12(9-15)18-13(14)16/h3-6,12,15H,2,7-9H2,1H3. The van der Waals surface area contributed by atoms with Gasteiger partial charge in [-0.15, -0.1) is 0 Å². The van der Waals surface area contributed by atoms with Crippen molar-refractivity contribution in [2.45, 2.75) is 19.4 Å². The van der Waals surface area contributed by atoms with Gasteiger partial charge in [0.15, 0.2) is 0 Å². The summed E-state index contributed by atoms with van der Waals surface area (Å²) < 4.78 is 10.4. The zero-order valence-electron chi connectivity index (χ0n) is 10.3. The molecule has 1 aromatic rings. The predicted molar refractivity (Wildman–Crippen MR) is 66.9 cm³/mol. The van der Waals surface area contributed by atoms with Crippen molar-refractivity contribution < 1.29 is 19.4 Å². The van der Waals surface area contributed by atoms with Crippen molar-refractivity contribution >= 4 is 11.8 Å². The van der Waals surface area contributed by atoms with E-state index in [0.29, 0.717) is 19.6 Å². The van der Waals surface area contributed by atoms with E-state index in [4.69, 9.17) is 14.6 Å². The van der Waals surface area contributed by atoms with Crippen LogP contribution in [0.1, 0.15) is 13.3 Å². The number of nitrogens with zero attached hydrogens (tertiary/aromatic N) is 1. The molecule has 0 aromatic heterocycles. The number of carbonyl (C=O) groups is 1. The number of amides is 1. The summed E-state index contributed by atoms with van der Waals surface area (Å²) in [5, 5.41) is 8.95. The number of cyclic esters (lactones) is 1. The molecule has 1 atom stereocenters. The molecule has 18 heavy (non-hydrogen) atoms. The Kier molecular flexibility index (Phi) is 4.04. The van der Waals surface area contributed by atoms with Gasteiger partial charge in [-0.3, -0.25) is 4.90 Å². The Balaban J connectivity index is 2.05. The summed E-state index contributed by atoms with van der Waals surface area (Å²) in [7, 11) is 0. The fraction of sp³-hybridized carbons (Fsp3) is 0.462. The minimum atomic E-state index is -0.413. The van der Waals surface area contributed by atoms with Gasteiger partial charge in [-0.25, -0.2) is 4.79 Å². The fourth-order valence-electron chi connectivity index (χ4n) is 1.88. The molecule has 0 radical (unpaired) electrons. The fourth-order valence-corrected chi connectivity index (χ4v) is 1.88. The lowest BCUT2D eigenvalue weighted by atomic mass is 10.2. The number of hydrogen-bond donors (Lipinski definition) is 1. The van der Waals surface area contributed by atoms with Gasteiger partial charge < -0.3 is 14.6 Å². The monoisotopic (exact) mass is 251 g/mol. The van der Waals surface area contributed by atoms with Crippen LogP contribution >= 0.6 is 0 Å². The maximum absolute atomic E-state index is 11.7. The Morgan fingerprint density at radius 3 is 2.72 bits per heavy atom. The Bertz CT molecular complexity index is 404. The van der Waals surface area contributed by atoms with Crippen molar-refractivity contribution in [2.75, 3.05) is 24.7 Å². The zero-order chi connectivity index (χ0) is 13.0. The first-order valence-corrected chi connectivity index (χ1v) is 6.06. The molecule has 1 heterocycles. The van der Waals surface area contributed by atoms with Crippen LogP contribution in [0.5, 0.6) is 5.75 Å². The predicted octanol–water partition coefficient (Wildman–Crippen LogP) is 1.79. The van der Waals surface area contributed by atoms with E-state index in [-0.39, 0.29) is 12.7 Å². The van der Waals surface area contributed by atoms with Gasteiger partial charge in [0.1, 0.15) is 11.9 Å². The van der Waals surface area contributed by atoms with Crippen LogP contribution in [0.2, 0.25) is 0 Å². The first-order valence-electron chi connectivity index (χ1n) is 6.06. The van der Waals surface area contributed by atoms with Crippen molar-refractivity contribution in [1.29, 1.82) is 0 Å². The highest BCUT2D eigenvalue weighted by molar-refractivity contribution is 5.88. The molecule has 1 unspecified atom stereocenters. The molecule has 98 valence electrons. The molecule has 1 saturated heterocycles. The maximum Gasteiger partial charge on any atom is 0.414 e. The molecule has 5 heteroatoms. The van der Waals surface area contributed by atoms with E-state index in [0.717, 1.165) is 11.4 Å². The average Bonchev–Trinajstić information content (AvgIpc) is 2.40. The number of aliphatic hydroxyl groups is 1. The van der Waals surface area contributed by atoms with Crippen LogP contribution in [0.15, 0.2) is 24.3 Å². The number of benzene rings is 1. The van der Waals surface area contributed by atoms with Gasteiger partial charge in [-0.05, 0) is 31.2 Å². The third kappa shape index (κ3) is 2.73. The van der Waals surface area contributed by atoms with Gasteiger partial charge in [0.05, 0.1) is 13.2 Å². The molecule has 1 aliphatic rings. The molecular formula is C13H17NO4. The van der Waals surface area contributed by atoms with E-state index in [1.807, 2.05) is 31.2 Å². The summed E-state index contributed by atoms with van der Waals surface area (Å²) in [5.74, 6) is 0.778. The molecule has 1 amide bonds. The van der Waals surface area contributed by atoms with Crippen molar-refractivity contribution in [3.8, 4) is 5.75 Å². The molecule has 0 spiro atoms. The third-order valence-corrected chi connectivity index (χ3v) is 2.83. The number of aliphatic hydroxyl groups excluding tert-OH is 1. The summed E-state index contributed by atoms with van der Waals surface area (Å²) >= 11 is 0. The highest BCUT2D eigenvalue weighted by atomic mass is 16.6. The number of anilines is 1. The normalized spacial score (nSPS) is 19.6. The Hall–Kier alpha value is -1.75. The van der Waals surface area contributed by atoms with Crippen molar-refractivity contribution in [3.05, 3.63) is 24.3 Å². The van der Waals surface area contributed by atoms with Crippen LogP contribution in [-0.4, -0.2) is 37.1 Å². The van der Waals surface area contributed by atoms with E-state index in [2.05, 4.69) is 0 Å². The minimum Gasteiger partial charge on any atom is -0.494 e. The van der Waals surface area contributed by atoms with Crippen molar-refractivity contribution in [2.24, 2.45) is 0 Å². The molecular weight excluding hydrogens is 234 g/mol. The largest absolute Gasteiger partial charge is 0.494 e. The van der Waals surface area contributed by atoms with E-state index in [1.165, 1.54) is 0 Å². The van der Waals surface area contributed by atoms with Crippen LogP contribution in [0, 0.1) is 0 Å². The Morgan fingerprint density at radius 2 is 2.17 bits per heavy atom. The third-order valence-electron chi connectivity index (χ3n) is 2.83. The van der Waals surface area contributed by atoms with Gasteiger partial charge in [-0.2, -0.15) is 0 Å². The van der Waals surface area contributed by atoms with E-state index in [1.54, 1.807) is 4.90 Å². The summed E-state index contributed by atoms with van der Waals surface area (Å²) in [6.07, 6.45) is -0.156. The number of hydrogen-bond acceptors (Lipinski definition) is 4. The quantitative estimate of drug-likeness (QED) is 0.886. The molecule has 1 aromatic carbocycles. The molecule has 0 bridgehead atoms. The number of rotatable bonds is 4. The molecule has 1 N–H and O–H groups in total. The molecule has 1 aliphatic heterocycles. The van der Waals surface area contributed by atoms with Gasteiger partial charge in [-0.1, -0.05) is 0 Å². The zero-order valence-corrected chi connectivity index (χ0v) is 10.3.